The van der Waals surface area contributed by atoms with Gasteiger partial charge in [0.15, 0.2) is 5.65 Å². The molecule has 0 aliphatic heterocycles. The van der Waals surface area contributed by atoms with Gasteiger partial charge in [0, 0.05) is 34.9 Å². The van der Waals surface area contributed by atoms with E-state index in [0.29, 0.717) is 12.1 Å². The standard InChI is InChI=1S/C22H19N3O2S/c1-22(28(26,27)25-15-10-17-4-3-13-24-21(17)25)11-7-16(8-12-22)18-5-2-6-20-19(18)9-14-23-20/h2-11,13-15,23H,12H2,1H3. The fraction of sp³-hybridized carbons (Fsp3) is 0.136. The number of benzene rings is 1. The lowest BCUT2D eigenvalue weighted by Gasteiger charge is -2.28. The van der Waals surface area contributed by atoms with E-state index in [1.807, 2.05) is 42.6 Å². The van der Waals surface area contributed by atoms with E-state index in [4.69, 9.17) is 0 Å². The Labute approximate surface area is 163 Å². The molecule has 0 amide bonds. The van der Waals surface area contributed by atoms with E-state index < -0.39 is 14.8 Å². The molecule has 28 heavy (non-hydrogen) atoms. The van der Waals surface area contributed by atoms with Crippen molar-refractivity contribution in [3.8, 4) is 0 Å². The molecule has 6 heteroatoms. The van der Waals surface area contributed by atoms with Gasteiger partial charge in [0.1, 0.15) is 4.75 Å². The van der Waals surface area contributed by atoms with Crippen molar-refractivity contribution in [2.45, 2.75) is 18.1 Å². The molecule has 0 saturated carbocycles. The van der Waals surface area contributed by atoms with Gasteiger partial charge in [-0.1, -0.05) is 30.4 Å². The molecule has 0 saturated heterocycles. The molecule has 1 aliphatic carbocycles. The van der Waals surface area contributed by atoms with Crippen LogP contribution in [-0.2, 0) is 10.0 Å². The largest absolute Gasteiger partial charge is 0.361 e. The van der Waals surface area contributed by atoms with Crippen molar-refractivity contribution < 1.29 is 8.42 Å². The SMILES string of the molecule is CC1(S(=O)(=O)n2ccc3cccnc32)C=CC(c2cccc3[nH]ccc23)=CC1. The summed E-state index contributed by atoms with van der Waals surface area (Å²) in [5.41, 5.74) is 3.66. The second-order valence-electron chi connectivity index (χ2n) is 7.29. The molecule has 5 nitrogen and oxygen atoms in total. The highest BCUT2D eigenvalue weighted by molar-refractivity contribution is 7.91. The van der Waals surface area contributed by atoms with Crippen molar-refractivity contribution in [1.82, 2.24) is 13.9 Å². The minimum absolute atomic E-state index is 0.397. The molecule has 0 spiro atoms. The van der Waals surface area contributed by atoms with E-state index in [9.17, 15) is 8.42 Å². The first-order valence-electron chi connectivity index (χ1n) is 9.13. The highest BCUT2D eigenvalue weighted by Gasteiger charge is 2.39. The third-order valence-corrected chi connectivity index (χ3v) is 7.81. The summed E-state index contributed by atoms with van der Waals surface area (Å²) in [6, 6.07) is 13.6. The summed E-state index contributed by atoms with van der Waals surface area (Å²) < 4.78 is 27.1. The van der Waals surface area contributed by atoms with Gasteiger partial charge in [-0.15, -0.1) is 0 Å². The highest BCUT2D eigenvalue weighted by atomic mass is 32.2. The second-order valence-corrected chi connectivity index (χ2v) is 9.56. The Kier molecular flexibility index (Phi) is 3.61. The van der Waals surface area contributed by atoms with Crippen LogP contribution in [-0.4, -0.2) is 27.1 Å². The zero-order valence-electron chi connectivity index (χ0n) is 15.3. The number of pyridine rings is 1. The first kappa shape index (κ1) is 17.0. The van der Waals surface area contributed by atoms with E-state index in [0.717, 1.165) is 27.4 Å². The summed E-state index contributed by atoms with van der Waals surface area (Å²) >= 11 is 0. The van der Waals surface area contributed by atoms with Crippen LogP contribution in [0.3, 0.4) is 0 Å². The number of aromatic nitrogens is 3. The summed E-state index contributed by atoms with van der Waals surface area (Å²) in [5.74, 6) is 0. The highest BCUT2D eigenvalue weighted by Crippen LogP contribution is 2.36. The normalized spacial score (nSPS) is 20.0. The van der Waals surface area contributed by atoms with Crippen LogP contribution in [0, 0.1) is 0 Å². The zero-order chi connectivity index (χ0) is 19.4. The fourth-order valence-electron chi connectivity index (χ4n) is 3.80. The first-order valence-corrected chi connectivity index (χ1v) is 10.6. The molecule has 1 N–H and O–H groups in total. The average molecular weight is 389 g/mol. The number of hydrogen-bond acceptors (Lipinski definition) is 3. The molecule has 1 aliphatic rings. The van der Waals surface area contributed by atoms with Gasteiger partial charge in [0.25, 0.3) is 0 Å². The van der Waals surface area contributed by atoms with Gasteiger partial charge in [-0.2, -0.15) is 0 Å². The van der Waals surface area contributed by atoms with Gasteiger partial charge in [-0.05, 0) is 54.8 Å². The van der Waals surface area contributed by atoms with Gasteiger partial charge in [-0.25, -0.2) is 17.4 Å². The van der Waals surface area contributed by atoms with Crippen LogP contribution in [0.4, 0.5) is 0 Å². The van der Waals surface area contributed by atoms with Crippen molar-refractivity contribution in [1.29, 1.82) is 0 Å². The Balaban J connectivity index is 1.54. The van der Waals surface area contributed by atoms with Crippen LogP contribution >= 0.6 is 0 Å². The van der Waals surface area contributed by atoms with Crippen LogP contribution in [0.1, 0.15) is 18.9 Å². The Morgan fingerprint density at radius 1 is 1.14 bits per heavy atom. The van der Waals surface area contributed by atoms with Crippen molar-refractivity contribution in [2.75, 3.05) is 0 Å². The van der Waals surface area contributed by atoms with Crippen LogP contribution in [0.15, 0.2) is 79.3 Å². The maximum absolute atomic E-state index is 13.4. The quantitative estimate of drug-likeness (QED) is 0.561. The Morgan fingerprint density at radius 3 is 2.86 bits per heavy atom. The summed E-state index contributed by atoms with van der Waals surface area (Å²) in [6.07, 6.45) is 11.3. The third kappa shape index (κ3) is 2.38. The molecular formula is C22H19N3O2S. The van der Waals surface area contributed by atoms with E-state index in [2.05, 4.69) is 16.0 Å². The number of H-pyrrole nitrogens is 1. The minimum atomic E-state index is -3.67. The zero-order valence-corrected chi connectivity index (χ0v) is 16.1. The lowest BCUT2D eigenvalue weighted by Crippen LogP contribution is -2.38. The predicted molar refractivity (Wildman–Crippen MR) is 112 cm³/mol. The molecule has 1 atom stereocenters. The Morgan fingerprint density at radius 2 is 2.04 bits per heavy atom. The molecule has 4 aromatic rings. The summed E-state index contributed by atoms with van der Waals surface area (Å²) in [4.78, 5) is 7.48. The second kappa shape index (κ2) is 5.94. The van der Waals surface area contributed by atoms with Crippen molar-refractivity contribution in [3.63, 3.8) is 0 Å². The monoisotopic (exact) mass is 389 g/mol. The average Bonchev–Trinajstić information content (AvgIpc) is 3.35. The first-order chi connectivity index (χ1) is 13.5. The molecule has 0 radical (unpaired) electrons. The van der Waals surface area contributed by atoms with Crippen LogP contribution in [0.25, 0.3) is 27.5 Å². The number of fused-ring (bicyclic) bond motifs is 2. The van der Waals surface area contributed by atoms with Gasteiger partial charge < -0.3 is 4.98 Å². The summed E-state index contributed by atoms with van der Waals surface area (Å²) in [6.45, 7) is 1.76. The minimum Gasteiger partial charge on any atom is -0.361 e. The molecule has 5 rings (SSSR count). The van der Waals surface area contributed by atoms with E-state index in [1.165, 1.54) is 3.97 Å². The molecule has 1 aromatic carbocycles. The third-order valence-electron chi connectivity index (χ3n) is 5.51. The van der Waals surface area contributed by atoms with Gasteiger partial charge in [-0.3, -0.25) is 0 Å². The number of hydrogen-bond donors (Lipinski definition) is 1. The lowest BCUT2D eigenvalue weighted by molar-refractivity contribution is 0.555. The van der Waals surface area contributed by atoms with Crippen LogP contribution < -0.4 is 0 Å². The van der Waals surface area contributed by atoms with Crippen molar-refractivity contribution in [2.24, 2.45) is 0 Å². The Hall–Kier alpha value is -3.12. The van der Waals surface area contributed by atoms with Crippen molar-refractivity contribution in [3.05, 3.63) is 84.8 Å². The number of allylic oxidation sites excluding steroid dienone is 3. The number of aromatic amines is 1. The number of nitrogens with one attached hydrogen (secondary N) is 1. The van der Waals surface area contributed by atoms with Gasteiger partial charge in [0.2, 0.25) is 10.0 Å². The number of rotatable bonds is 3. The van der Waals surface area contributed by atoms with Crippen LogP contribution in [0.2, 0.25) is 0 Å². The Bertz CT molecular complexity index is 1380. The maximum Gasteiger partial charge on any atom is 0.249 e. The molecular weight excluding hydrogens is 370 g/mol. The number of nitrogens with zero attached hydrogens (tertiary/aromatic N) is 2. The lowest BCUT2D eigenvalue weighted by atomic mass is 9.92. The fourth-order valence-corrected chi connectivity index (χ4v) is 5.39. The molecule has 140 valence electrons. The van der Waals surface area contributed by atoms with Gasteiger partial charge in [0.05, 0.1) is 0 Å². The summed E-state index contributed by atoms with van der Waals surface area (Å²) in [5, 5.41) is 1.94. The van der Waals surface area contributed by atoms with Crippen LogP contribution in [0.5, 0.6) is 0 Å². The van der Waals surface area contributed by atoms with E-state index >= 15 is 0 Å². The maximum atomic E-state index is 13.4. The topological polar surface area (TPSA) is 67.8 Å². The molecule has 1 unspecified atom stereocenters. The molecule has 3 heterocycles. The predicted octanol–water partition coefficient (Wildman–Crippen LogP) is 4.50. The van der Waals surface area contributed by atoms with Crippen molar-refractivity contribution >= 4 is 37.5 Å². The molecule has 0 fully saturated rings. The van der Waals surface area contributed by atoms with E-state index in [1.54, 1.807) is 37.5 Å². The smallest absolute Gasteiger partial charge is 0.249 e. The molecule has 0 bridgehead atoms. The molecule has 3 aromatic heterocycles. The van der Waals surface area contributed by atoms with E-state index in [-0.39, 0.29) is 0 Å². The summed E-state index contributed by atoms with van der Waals surface area (Å²) in [7, 11) is -3.67. The van der Waals surface area contributed by atoms with Gasteiger partial charge >= 0.3 is 0 Å².